The van der Waals surface area contributed by atoms with Gasteiger partial charge in [-0.3, -0.25) is 0 Å². The highest BCUT2D eigenvalue weighted by Crippen LogP contribution is 2.36. The van der Waals surface area contributed by atoms with Crippen LogP contribution >= 0.6 is 0 Å². The molecule has 0 radical (unpaired) electrons. The summed E-state index contributed by atoms with van der Waals surface area (Å²) in [5, 5.41) is 3.33. The predicted octanol–water partition coefficient (Wildman–Crippen LogP) is 2.27. The third kappa shape index (κ3) is 3.48. The summed E-state index contributed by atoms with van der Waals surface area (Å²) in [6.07, 6.45) is 3.65. The minimum atomic E-state index is 0.581. The molecule has 0 bridgehead atoms. The van der Waals surface area contributed by atoms with Gasteiger partial charge in [0.25, 0.3) is 0 Å². The van der Waals surface area contributed by atoms with Gasteiger partial charge in [-0.15, -0.1) is 0 Å². The molecule has 1 aromatic carbocycles. The van der Waals surface area contributed by atoms with Gasteiger partial charge in [-0.1, -0.05) is 0 Å². The van der Waals surface area contributed by atoms with Gasteiger partial charge in [0.15, 0.2) is 11.5 Å². The maximum Gasteiger partial charge on any atom is 0.163 e. The molecule has 0 atom stereocenters. The molecule has 1 fully saturated rings. The van der Waals surface area contributed by atoms with Gasteiger partial charge in [0.1, 0.15) is 13.2 Å². The van der Waals surface area contributed by atoms with Crippen LogP contribution in [0.15, 0.2) is 12.1 Å². The van der Waals surface area contributed by atoms with E-state index in [1.54, 1.807) is 0 Å². The number of anilines is 2. The maximum absolute atomic E-state index is 6.00. The molecule has 2 aliphatic rings. The van der Waals surface area contributed by atoms with Gasteiger partial charge < -0.3 is 25.3 Å². The highest BCUT2D eigenvalue weighted by Gasteiger charge is 2.20. The molecular formula is C15H22N2O3. The van der Waals surface area contributed by atoms with Crippen molar-refractivity contribution in [2.75, 3.05) is 44.0 Å². The molecule has 0 unspecified atom stereocenters. The van der Waals surface area contributed by atoms with Gasteiger partial charge in [-0.05, 0) is 25.2 Å². The number of nitrogens with one attached hydrogen (secondary N) is 1. The molecule has 1 saturated carbocycles. The first-order valence-electron chi connectivity index (χ1n) is 7.33. The Labute approximate surface area is 119 Å². The Hall–Kier alpha value is -1.62. The number of hydrogen-bond acceptors (Lipinski definition) is 5. The number of fused-ring (bicyclic) bond motifs is 1. The van der Waals surface area contributed by atoms with Crippen molar-refractivity contribution in [3.8, 4) is 11.5 Å². The molecule has 3 rings (SSSR count). The quantitative estimate of drug-likeness (QED) is 0.591. The van der Waals surface area contributed by atoms with E-state index in [4.69, 9.17) is 19.9 Å². The third-order valence-electron chi connectivity index (χ3n) is 3.55. The van der Waals surface area contributed by atoms with Gasteiger partial charge in [0, 0.05) is 31.9 Å². The third-order valence-corrected chi connectivity index (χ3v) is 3.55. The minimum Gasteiger partial charge on any atom is -0.486 e. The summed E-state index contributed by atoms with van der Waals surface area (Å²) in [6.45, 7) is 3.73. The number of hydrogen-bond donors (Lipinski definition) is 2. The molecule has 0 aromatic heterocycles. The van der Waals surface area contributed by atoms with Gasteiger partial charge in [-0.2, -0.15) is 0 Å². The molecule has 1 aromatic rings. The molecule has 110 valence electrons. The van der Waals surface area contributed by atoms with E-state index < -0.39 is 0 Å². The molecule has 0 saturated heterocycles. The second kappa shape index (κ2) is 6.22. The van der Waals surface area contributed by atoms with Crippen molar-refractivity contribution >= 4 is 11.4 Å². The van der Waals surface area contributed by atoms with Crippen molar-refractivity contribution < 1.29 is 14.2 Å². The SMILES string of the molecule is Nc1cc2c(cc1NCCCOCC1CC1)OCCO2. The molecular weight excluding hydrogens is 256 g/mol. The van der Waals surface area contributed by atoms with E-state index >= 15 is 0 Å². The maximum atomic E-state index is 6.00. The Morgan fingerprint density at radius 2 is 1.95 bits per heavy atom. The zero-order valence-electron chi connectivity index (χ0n) is 11.7. The van der Waals surface area contributed by atoms with Crippen LogP contribution in [0.1, 0.15) is 19.3 Å². The molecule has 5 heteroatoms. The van der Waals surface area contributed by atoms with E-state index in [2.05, 4.69) is 5.32 Å². The largest absolute Gasteiger partial charge is 0.486 e. The summed E-state index contributed by atoms with van der Waals surface area (Å²) >= 11 is 0. The van der Waals surface area contributed by atoms with E-state index in [9.17, 15) is 0 Å². The molecule has 20 heavy (non-hydrogen) atoms. The van der Waals surface area contributed by atoms with Crippen molar-refractivity contribution in [2.45, 2.75) is 19.3 Å². The summed E-state index contributed by atoms with van der Waals surface area (Å²) in [5.41, 5.74) is 7.59. The Kier molecular flexibility index (Phi) is 4.16. The zero-order valence-corrected chi connectivity index (χ0v) is 11.7. The minimum absolute atomic E-state index is 0.581. The number of nitrogens with two attached hydrogens (primary N) is 1. The van der Waals surface area contributed by atoms with Crippen LogP contribution < -0.4 is 20.5 Å². The fourth-order valence-electron chi connectivity index (χ4n) is 2.19. The van der Waals surface area contributed by atoms with E-state index in [-0.39, 0.29) is 0 Å². The van der Waals surface area contributed by atoms with Crippen LogP contribution in [0, 0.1) is 5.92 Å². The molecule has 1 aliphatic heterocycles. The van der Waals surface area contributed by atoms with E-state index in [0.29, 0.717) is 18.9 Å². The molecule has 0 amide bonds. The smallest absolute Gasteiger partial charge is 0.163 e. The van der Waals surface area contributed by atoms with E-state index in [1.165, 1.54) is 12.8 Å². The van der Waals surface area contributed by atoms with Crippen molar-refractivity contribution in [1.82, 2.24) is 0 Å². The number of rotatable bonds is 7. The molecule has 1 aliphatic carbocycles. The number of benzene rings is 1. The van der Waals surface area contributed by atoms with Gasteiger partial charge >= 0.3 is 0 Å². The van der Waals surface area contributed by atoms with Crippen molar-refractivity contribution in [3.05, 3.63) is 12.1 Å². The average molecular weight is 278 g/mol. The standard InChI is InChI=1S/C15H22N2O3/c16-12-8-14-15(20-7-6-19-14)9-13(12)17-4-1-5-18-10-11-2-3-11/h8-9,11,17H,1-7,10,16H2. The average Bonchev–Trinajstić information content (AvgIpc) is 3.27. The lowest BCUT2D eigenvalue weighted by Gasteiger charge is -2.20. The summed E-state index contributed by atoms with van der Waals surface area (Å²) in [4.78, 5) is 0. The van der Waals surface area contributed by atoms with Crippen LogP contribution in [-0.4, -0.2) is 33.0 Å². The van der Waals surface area contributed by atoms with Crippen LogP contribution in [0.4, 0.5) is 11.4 Å². The lowest BCUT2D eigenvalue weighted by molar-refractivity contribution is 0.124. The van der Waals surface area contributed by atoms with Crippen LogP contribution in [0.2, 0.25) is 0 Å². The van der Waals surface area contributed by atoms with Crippen LogP contribution in [0.5, 0.6) is 11.5 Å². The Balaban J connectivity index is 1.44. The first-order valence-corrected chi connectivity index (χ1v) is 7.33. The topological polar surface area (TPSA) is 65.7 Å². The number of ether oxygens (including phenoxy) is 3. The monoisotopic (exact) mass is 278 g/mol. The summed E-state index contributed by atoms with van der Waals surface area (Å²) in [6, 6.07) is 3.73. The van der Waals surface area contributed by atoms with Crippen molar-refractivity contribution in [3.63, 3.8) is 0 Å². The van der Waals surface area contributed by atoms with Gasteiger partial charge in [0.05, 0.1) is 11.4 Å². The highest BCUT2D eigenvalue weighted by molar-refractivity contribution is 5.72. The van der Waals surface area contributed by atoms with E-state index in [0.717, 1.165) is 49.3 Å². The number of nitrogen functional groups attached to an aromatic ring is 1. The lowest BCUT2D eigenvalue weighted by atomic mass is 10.2. The van der Waals surface area contributed by atoms with Gasteiger partial charge in [-0.25, -0.2) is 0 Å². The molecule has 5 nitrogen and oxygen atoms in total. The van der Waals surface area contributed by atoms with Crippen LogP contribution in [0.25, 0.3) is 0 Å². The van der Waals surface area contributed by atoms with Crippen molar-refractivity contribution in [2.24, 2.45) is 5.92 Å². The second-order valence-electron chi connectivity index (χ2n) is 5.38. The lowest BCUT2D eigenvalue weighted by Crippen LogP contribution is -2.16. The van der Waals surface area contributed by atoms with E-state index in [1.807, 2.05) is 12.1 Å². The first kappa shape index (κ1) is 13.4. The summed E-state index contributed by atoms with van der Waals surface area (Å²) in [7, 11) is 0. The summed E-state index contributed by atoms with van der Waals surface area (Å²) in [5.74, 6) is 2.32. The molecule has 0 spiro atoms. The van der Waals surface area contributed by atoms with Crippen LogP contribution in [0.3, 0.4) is 0 Å². The Bertz CT molecular complexity index is 461. The summed E-state index contributed by atoms with van der Waals surface area (Å²) < 4.78 is 16.6. The van der Waals surface area contributed by atoms with Gasteiger partial charge in [0.2, 0.25) is 0 Å². The van der Waals surface area contributed by atoms with Crippen LogP contribution in [-0.2, 0) is 4.74 Å². The first-order chi connectivity index (χ1) is 9.83. The normalized spacial score (nSPS) is 17.0. The fraction of sp³-hybridized carbons (Fsp3) is 0.600. The Morgan fingerprint density at radius 3 is 2.70 bits per heavy atom. The second-order valence-corrected chi connectivity index (χ2v) is 5.38. The molecule has 1 heterocycles. The predicted molar refractivity (Wildman–Crippen MR) is 78.5 cm³/mol. The Morgan fingerprint density at radius 1 is 1.20 bits per heavy atom. The highest BCUT2D eigenvalue weighted by atomic mass is 16.6. The zero-order chi connectivity index (χ0) is 13.8. The molecule has 3 N–H and O–H groups in total. The fourth-order valence-corrected chi connectivity index (χ4v) is 2.19. The van der Waals surface area contributed by atoms with Crippen molar-refractivity contribution in [1.29, 1.82) is 0 Å².